The largest absolute Gasteiger partial charge is 0.493 e. The summed E-state index contributed by atoms with van der Waals surface area (Å²) >= 11 is 13.9. The molecule has 228 valence electrons. The molecule has 0 saturated heterocycles. The third-order valence-electron chi connectivity index (χ3n) is 6.26. The molecule has 0 fully saturated rings. The van der Waals surface area contributed by atoms with Crippen LogP contribution in [0.25, 0.3) is 6.08 Å². The molecule has 0 radical (unpaired) electrons. The molecule has 4 rings (SSSR count). The number of fused-ring (bicyclic) bond motifs is 1. The number of hydrogen-bond donors (Lipinski definition) is 0. The summed E-state index contributed by atoms with van der Waals surface area (Å²) in [4.78, 5) is 43.6. The molecule has 1 aliphatic heterocycles. The maximum Gasteiger partial charge on any atom is 0.343 e. The average molecular weight is 650 g/mol. The van der Waals surface area contributed by atoms with Crippen molar-refractivity contribution in [2.75, 3.05) is 27.4 Å². The van der Waals surface area contributed by atoms with Crippen LogP contribution in [0, 0.1) is 0 Å². The van der Waals surface area contributed by atoms with Crippen molar-refractivity contribution in [3.8, 4) is 17.2 Å². The quantitative estimate of drug-likeness (QED) is 0.296. The molecule has 13 heteroatoms. The van der Waals surface area contributed by atoms with Gasteiger partial charge in [0, 0.05) is 0 Å². The Labute approximate surface area is 261 Å². The number of rotatable bonds is 10. The molecule has 0 saturated carbocycles. The lowest BCUT2D eigenvalue weighted by Gasteiger charge is -2.25. The summed E-state index contributed by atoms with van der Waals surface area (Å²) in [5.74, 6) is -0.0830. The van der Waals surface area contributed by atoms with Crippen molar-refractivity contribution in [1.82, 2.24) is 4.57 Å². The lowest BCUT2D eigenvalue weighted by molar-refractivity contribution is -0.143. The Bertz CT molecular complexity index is 1750. The molecule has 2 aromatic carbocycles. The van der Waals surface area contributed by atoms with Crippen LogP contribution in [0.2, 0.25) is 10.0 Å². The molecule has 3 aromatic rings. The van der Waals surface area contributed by atoms with Crippen LogP contribution in [0.5, 0.6) is 17.2 Å². The van der Waals surface area contributed by atoms with Crippen molar-refractivity contribution in [2.45, 2.75) is 39.8 Å². The van der Waals surface area contributed by atoms with Gasteiger partial charge in [-0.3, -0.25) is 9.36 Å². The second-order valence-electron chi connectivity index (χ2n) is 9.56. The molecule has 2 heterocycles. The van der Waals surface area contributed by atoms with Gasteiger partial charge in [-0.2, -0.15) is 0 Å². The van der Waals surface area contributed by atoms with Crippen LogP contribution in [-0.4, -0.2) is 50.0 Å². The fourth-order valence-corrected chi connectivity index (χ4v) is 6.11. The first-order chi connectivity index (χ1) is 20.5. The zero-order chi connectivity index (χ0) is 31.4. The maximum absolute atomic E-state index is 14.0. The molecule has 0 aliphatic carbocycles. The third-order valence-corrected chi connectivity index (χ3v) is 7.81. The molecule has 0 unspecified atom stereocenters. The van der Waals surface area contributed by atoms with E-state index in [1.54, 1.807) is 50.3 Å². The van der Waals surface area contributed by atoms with Gasteiger partial charge in [-0.1, -0.05) is 40.6 Å². The van der Waals surface area contributed by atoms with Crippen molar-refractivity contribution in [1.29, 1.82) is 0 Å². The number of aromatic nitrogens is 1. The summed E-state index contributed by atoms with van der Waals surface area (Å²) in [7, 11) is 2.76. The highest BCUT2D eigenvalue weighted by molar-refractivity contribution is 7.07. The summed E-state index contributed by atoms with van der Waals surface area (Å²) in [6, 6.07) is 7.54. The summed E-state index contributed by atoms with van der Waals surface area (Å²) in [6.07, 6.45) is 1.52. The Morgan fingerprint density at radius 1 is 1.12 bits per heavy atom. The predicted molar refractivity (Wildman–Crippen MR) is 163 cm³/mol. The van der Waals surface area contributed by atoms with Gasteiger partial charge in [0.1, 0.15) is 0 Å². The topological polar surface area (TPSA) is 115 Å². The number of nitrogens with zero attached hydrogens (tertiary/aromatic N) is 2. The molecule has 1 atom stereocenters. The van der Waals surface area contributed by atoms with Gasteiger partial charge >= 0.3 is 11.9 Å². The fraction of sp³-hybridized carbons (Fsp3) is 0.333. The van der Waals surface area contributed by atoms with E-state index in [1.807, 2.05) is 13.8 Å². The molecule has 43 heavy (non-hydrogen) atoms. The summed E-state index contributed by atoms with van der Waals surface area (Å²) in [5, 5.41) is 0.286. The average Bonchev–Trinajstić information content (AvgIpc) is 3.25. The molecular formula is C30H30Cl2N2O8S. The number of carbonyl (C=O) groups excluding carboxylic acids is 2. The Morgan fingerprint density at radius 3 is 2.42 bits per heavy atom. The van der Waals surface area contributed by atoms with Crippen LogP contribution in [0.15, 0.2) is 51.4 Å². The number of thiazole rings is 1. The van der Waals surface area contributed by atoms with Crippen LogP contribution in [0.4, 0.5) is 0 Å². The second kappa shape index (κ2) is 13.7. The molecule has 0 amide bonds. The van der Waals surface area contributed by atoms with Gasteiger partial charge in [0.25, 0.3) is 5.56 Å². The molecule has 1 aliphatic rings. The van der Waals surface area contributed by atoms with E-state index in [2.05, 4.69) is 9.73 Å². The van der Waals surface area contributed by atoms with Gasteiger partial charge in [0.15, 0.2) is 28.7 Å². The van der Waals surface area contributed by atoms with Gasteiger partial charge in [0.2, 0.25) is 0 Å². The van der Waals surface area contributed by atoms with E-state index in [0.717, 1.165) is 11.3 Å². The van der Waals surface area contributed by atoms with Crippen molar-refractivity contribution >= 4 is 52.6 Å². The number of hydrogen-bond acceptors (Lipinski definition) is 10. The monoisotopic (exact) mass is 648 g/mol. The Morgan fingerprint density at radius 2 is 1.81 bits per heavy atom. The standard InChI is InChI=1S/C30H30Cl2N2O8S/c1-7-40-29(37)25-16(4)33-30-34(26(25)18-8-9-21(42-15(2)3)22(13-18)38-5)28(36)23(43-30)12-17-10-19(31)27(20(32)11-17)41-14-24(35)39-6/h8-13,15,26H,7,14H2,1-6H3/b23-12-/t26-/m0/s1. The van der Waals surface area contributed by atoms with E-state index >= 15 is 0 Å². The summed E-state index contributed by atoms with van der Waals surface area (Å²) < 4.78 is 28.6. The van der Waals surface area contributed by atoms with Crippen molar-refractivity contribution < 1.29 is 33.3 Å². The number of halogens is 2. The number of ether oxygens (including phenoxy) is 5. The normalized spacial score (nSPS) is 14.7. The Kier molecular flexibility index (Phi) is 10.2. The third kappa shape index (κ3) is 6.90. The fourth-order valence-electron chi connectivity index (χ4n) is 4.45. The van der Waals surface area contributed by atoms with Crippen molar-refractivity contribution in [2.24, 2.45) is 4.99 Å². The molecule has 10 nitrogen and oxygen atoms in total. The Balaban J connectivity index is 1.86. The zero-order valence-corrected chi connectivity index (χ0v) is 26.7. The summed E-state index contributed by atoms with van der Waals surface area (Å²) in [5.41, 5.74) is 1.40. The highest BCUT2D eigenvalue weighted by Crippen LogP contribution is 2.37. The van der Waals surface area contributed by atoms with Gasteiger partial charge in [0.05, 0.1) is 58.8 Å². The maximum atomic E-state index is 14.0. The molecule has 0 N–H and O–H groups in total. The smallest absolute Gasteiger partial charge is 0.343 e. The van der Waals surface area contributed by atoms with Crippen molar-refractivity contribution in [3.05, 3.63) is 82.5 Å². The minimum Gasteiger partial charge on any atom is -0.493 e. The molecule has 0 bridgehead atoms. The van der Waals surface area contributed by atoms with E-state index in [-0.39, 0.29) is 46.2 Å². The van der Waals surface area contributed by atoms with Gasteiger partial charge in [-0.25, -0.2) is 14.6 Å². The first kappa shape index (κ1) is 32.1. The predicted octanol–water partition coefficient (Wildman–Crippen LogP) is 4.45. The highest BCUT2D eigenvalue weighted by Gasteiger charge is 2.34. The van der Waals surface area contributed by atoms with E-state index in [9.17, 15) is 14.4 Å². The van der Waals surface area contributed by atoms with Gasteiger partial charge in [-0.15, -0.1) is 0 Å². The summed E-state index contributed by atoms with van der Waals surface area (Å²) in [6.45, 7) is 7.00. The number of allylic oxidation sites excluding steroid dienone is 1. The van der Waals surface area contributed by atoms with Crippen LogP contribution >= 0.6 is 34.5 Å². The number of carbonyl (C=O) groups is 2. The first-order valence-corrected chi connectivity index (χ1v) is 14.8. The van der Waals surface area contributed by atoms with Crippen LogP contribution in [0.1, 0.15) is 44.9 Å². The van der Waals surface area contributed by atoms with Crippen LogP contribution in [-0.2, 0) is 19.1 Å². The van der Waals surface area contributed by atoms with E-state index in [0.29, 0.717) is 37.7 Å². The minimum atomic E-state index is -0.847. The zero-order valence-electron chi connectivity index (χ0n) is 24.4. The number of esters is 2. The van der Waals surface area contributed by atoms with Gasteiger partial charge in [-0.05, 0) is 69.2 Å². The minimum absolute atomic E-state index is 0.0925. The van der Waals surface area contributed by atoms with E-state index < -0.39 is 18.0 Å². The SMILES string of the molecule is CCOC(=O)C1=C(C)N=c2s/c(=C\c3cc(Cl)c(OCC(=O)OC)c(Cl)c3)c(=O)n2[C@H]1c1ccc(OC(C)C)c(OC)c1. The van der Waals surface area contributed by atoms with E-state index in [1.165, 1.54) is 18.8 Å². The van der Waals surface area contributed by atoms with E-state index in [4.69, 9.17) is 42.1 Å². The first-order valence-electron chi connectivity index (χ1n) is 13.2. The number of methoxy groups -OCH3 is 2. The van der Waals surface area contributed by atoms with Crippen molar-refractivity contribution in [3.63, 3.8) is 0 Å². The molecular weight excluding hydrogens is 619 g/mol. The molecule has 0 spiro atoms. The van der Waals surface area contributed by atoms with Crippen LogP contribution in [0.3, 0.4) is 0 Å². The lowest BCUT2D eigenvalue weighted by Crippen LogP contribution is -2.40. The highest BCUT2D eigenvalue weighted by atomic mass is 35.5. The second-order valence-corrected chi connectivity index (χ2v) is 11.4. The number of benzene rings is 2. The van der Waals surface area contributed by atoms with Crippen LogP contribution < -0.4 is 29.1 Å². The lowest BCUT2D eigenvalue weighted by atomic mass is 9.95. The molecule has 1 aromatic heterocycles. The van der Waals surface area contributed by atoms with Gasteiger partial charge < -0.3 is 23.7 Å². The Hall–Kier alpha value is -3.80.